The minimum absolute atomic E-state index is 0.189. The fourth-order valence-electron chi connectivity index (χ4n) is 2.83. The molecule has 26 heavy (non-hydrogen) atoms. The maximum Gasteiger partial charge on any atom is 0.188 e. The number of methoxy groups -OCH3 is 1. The van der Waals surface area contributed by atoms with E-state index in [1.165, 1.54) is 24.0 Å². The van der Waals surface area contributed by atoms with Crippen LogP contribution in [0.2, 0.25) is 0 Å². The van der Waals surface area contributed by atoms with E-state index in [1.807, 2.05) is 6.07 Å². The zero-order valence-electron chi connectivity index (χ0n) is 17.2. The van der Waals surface area contributed by atoms with Crippen LogP contribution in [-0.2, 0) is 17.6 Å². The molecule has 0 aliphatic rings. The molecule has 1 aromatic rings. The number of phenolic OH excluding ortho intramolecular Hbond substituents is 1. The molecule has 0 aliphatic heterocycles. The van der Waals surface area contributed by atoms with Crippen molar-refractivity contribution >= 4 is 0 Å². The molecule has 0 aliphatic carbocycles. The Hall–Kier alpha value is -1.74. The molecule has 0 heterocycles. The zero-order valence-corrected chi connectivity index (χ0v) is 17.2. The average Bonchev–Trinajstić information content (AvgIpc) is 2.58. The number of allylic oxidation sites excluding steroid dienone is 4. The number of rotatable bonds is 12. The smallest absolute Gasteiger partial charge is 0.188 e. The quantitative estimate of drug-likeness (QED) is 0.268. The first-order chi connectivity index (χ1) is 12.5. The van der Waals surface area contributed by atoms with Gasteiger partial charge >= 0.3 is 0 Å². The third-order valence-electron chi connectivity index (χ3n) is 4.39. The lowest BCUT2D eigenvalue weighted by Gasteiger charge is -2.14. The second-order valence-corrected chi connectivity index (χ2v) is 7.17. The van der Waals surface area contributed by atoms with Gasteiger partial charge in [-0.05, 0) is 70.6 Å². The Kier molecular flexibility index (Phi) is 10.8. The molecule has 0 bridgehead atoms. The highest BCUT2D eigenvalue weighted by molar-refractivity contribution is 5.48. The molecule has 146 valence electrons. The van der Waals surface area contributed by atoms with Crippen molar-refractivity contribution < 1.29 is 14.6 Å². The summed E-state index contributed by atoms with van der Waals surface area (Å²) < 4.78 is 10.8. The van der Waals surface area contributed by atoms with E-state index in [-0.39, 0.29) is 6.79 Å². The van der Waals surface area contributed by atoms with Crippen LogP contribution < -0.4 is 4.74 Å². The predicted octanol–water partition coefficient (Wildman–Crippen LogP) is 6.34. The maximum atomic E-state index is 10.5. The molecule has 0 spiro atoms. The highest BCUT2D eigenvalue weighted by atomic mass is 16.7. The molecule has 1 N–H and O–H groups in total. The molecule has 3 nitrogen and oxygen atoms in total. The topological polar surface area (TPSA) is 38.7 Å². The molecule has 0 amide bonds. The lowest BCUT2D eigenvalue weighted by atomic mass is 10.0. The standard InChI is InChI=1S/C23H36O3/c1-6-7-8-12-20-15-22(24)21(23(16-20)26-17-25-5)14-13-19(4)11-9-10-18(2)3/h10,13,15-16,24H,6-9,11-12,14,17H2,1-5H3. The first kappa shape index (κ1) is 22.3. The zero-order chi connectivity index (χ0) is 19.4. The summed E-state index contributed by atoms with van der Waals surface area (Å²) in [5.41, 5.74) is 4.63. The summed E-state index contributed by atoms with van der Waals surface area (Å²) in [5.74, 6) is 1.05. The molecule has 0 fully saturated rings. The number of unbranched alkanes of at least 4 members (excludes halogenated alkanes) is 2. The van der Waals surface area contributed by atoms with Gasteiger partial charge < -0.3 is 14.6 Å². The van der Waals surface area contributed by atoms with Crippen molar-refractivity contribution in [3.8, 4) is 11.5 Å². The van der Waals surface area contributed by atoms with Gasteiger partial charge in [0.15, 0.2) is 6.79 Å². The highest BCUT2D eigenvalue weighted by Crippen LogP contribution is 2.32. The van der Waals surface area contributed by atoms with E-state index in [2.05, 4.69) is 45.9 Å². The van der Waals surface area contributed by atoms with Gasteiger partial charge in [0.05, 0.1) is 0 Å². The Labute approximate surface area is 159 Å². The third kappa shape index (κ3) is 8.57. The van der Waals surface area contributed by atoms with E-state index >= 15 is 0 Å². The van der Waals surface area contributed by atoms with Gasteiger partial charge in [0.25, 0.3) is 0 Å². The normalized spacial score (nSPS) is 11.5. The molecule has 0 saturated heterocycles. The van der Waals surface area contributed by atoms with Crippen molar-refractivity contribution in [3.63, 3.8) is 0 Å². The van der Waals surface area contributed by atoms with E-state index < -0.39 is 0 Å². The van der Waals surface area contributed by atoms with Gasteiger partial charge in [0.1, 0.15) is 11.5 Å². The molecular formula is C23H36O3. The van der Waals surface area contributed by atoms with Gasteiger partial charge in [-0.15, -0.1) is 0 Å². The second-order valence-electron chi connectivity index (χ2n) is 7.17. The summed E-state index contributed by atoms with van der Waals surface area (Å²) in [6.45, 7) is 8.77. The molecular weight excluding hydrogens is 324 g/mol. The van der Waals surface area contributed by atoms with Crippen LogP contribution in [0.1, 0.15) is 70.9 Å². The van der Waals surface area contributed by atoms with Crippen LogP contribution in [0.25, 0.3) is 0 Å². The van der Waals surface area contributed by atoms with E-state index in [4.69, 9.17) is 9.47 Å². The lowest BCUT2D eigenvalue weighted by molar-refractivity contribution is 0.0503. The predicted molar refractivity (Wildman–Crippen MR) is 110 cm³/mol. The fourth-order valence-corrected chi connectivity index (χ4v) is 2.83. The van der Waals surface area contributed by atoms with Crippen LogP contribution in [0.5, 0.6) is 11.5 Å². The Morgan fingerprint density at radius 3 is 2.54 bits per heavy atom. The number of aryl methyl sites for hydroxylation is 1. The highest BCUT2D eigenvalue weighted by Gasteiger charge is 2.11. The van der Waals surface area contributed by atoms with Crippen molar-refractivity contribution in [2.75, 3.05) is 13.9 Å². The second kappa shape index (κ2) is 12.6. The van der Waals surface area contributed by atoms with E-state index in [0.29, 0.717) is 12.2 Å². The minimum atomic E-state index is 0.189. The van der Waals surface area contributed by atoms with Gasteiger partial charge in [0.2, 0.25) is 0 Å². The van der Waals surface area contributed by atoms with Crippen LogP contribution in [0.3, 0.4) is 0 Å². The molecule has 1 aromatic carbocycles. The molecule has 3 heteroatoms. The van der Waals surface area contributed by atoms with Crippen LogP contribution in [0.4, 0.5) is 0 Å². The van der Waals surface area contributed by atoms with Crippen molar-refractivity contribution in [1.29, 1.82) is 0 Å². The molecule has 0 unspecified atom stereocenters. The number of phenols is 1. The average molecular weight is 361 g/mol. The first-order valence-electron chi connectivity index (χ1n) is 9.73. The Balaban J connectivity index is 2.88. The number of ether oxygens (including phenoxy) is 2. The third-order valence-corrected chi connectivity index (χ3v) is 4.39. The van der Waals surface area contributed by atoms with E-state index in [0.717, 1.165) is 42.6 Å². The van der Waals surface area contributed by atoms with Gasteiger partial charge in [-0.2, -0.15) is 0 Å². The molecule has 0 saturated carbocycles. The summed E-state index contributed by atoms with van der Waals surface area (Å²) in [5, 5.41) is 10.5. The van der Waals surface area contributed by atoms with Gasteiger partial charge in [-0.1, -0.05) is 43.1 Å². The fraction of sp³-hybridized carbons (Fsp3) is 0.565. The van der Waals surface area contributed by atoms with Crippen LogP contribution in [0.15, 0.2) is 35.4 Å². The summed E-state index contributed by atoms with van der Waals surface area (Å²) in [6.07, 6.45) is 11.7. The van der Waals surface area contributed by atoms with Gasteiger partial charge in [-0.3, -0.25) is 0 Å². The Bertz CT molecular complexity index is 596. The summed E-state index contributed by atoms with van der Waals surface area (Å²) in [7, 11) is 1.61. The number of hydrogen-bond donors (Lipinski definition) is 1. The first-order valence-corrected chi connectivity index (χ1v) is 9.73. The summed E-state index contributed by atoms with van der Waals surface area (Å²) >= 11 is 0. The molecule has 0 aromatic heterocycles. The molecule has 0 radical (unpaired) electrons. The van der Waals surface area contributed by atoms with Gasteiger partial charge in [-0.25, -0.2) is 0 Å². The van der Waals surface area contributed by atoms with Crippen LogP contribution >= 0.6 is 0 Å². The van der Waals surface area contributed by atoms with Gasteiger partial charge in [0, 0.05) is 12.7 Å². The van der Waals surface area contributed by atoms with Crippen LogP contribution in [-0.4, -0.2) is 19.0 Å². The number of benzene rings is 1. The minimum Gasteiger partial charge on any atom is -0.508 e. The van der Waals surface area contributed by atoms with Crippen molar-refractivity contribution in [2.24, 2.45) is 0 Å². The lowest BCUT2D eigenvalue weighted by Crippen LogP contribution is -2.03. The van der Waals surface area contributed by atoms with Crippen molar-refractivity contribution in [3.05, 3.63) is 46.6 Å². The van der Waals surface area contributed by atoms with E-state index in [9.17, 15) is 5.11 Å². The largest absolute Gasteiger partial charge is 0.508 e. The number of hydrogen-bond acceptors (Lipinski definition) is 3. The Morgan fingerprint density at radius 1 is 1.12 bits per heavy atom. The number of aromatic hydroxyl groups is 1. The van der Waals surface area contributed by atoms with Crippen molar-refractivity contribution in [2.45, 2.75) is 72.6 Å². The van der Waals surface area contributed by atoms with E-state index in [1.54, 1.807) is 7.11 Å². The van der Waals surface area contributed by atoms with Crippen LogP contribution in [0, 0.1) is 0 Å². The van der Waals surface area contributed by atoms with Crippen molar-refractivity contribution in [1.82, 2.24) is 0 Å². The Morgan fingerprint density at radius 2 is 1.88 bits per heavy atom. The summed E-state index contributed by atoms with van der Waals surface area (Å²) in [6, 6.07) is 3.94. The SMILES string of the molecule is CCCCCc1cc(O)c(CC=C(C)CCC=C(C)C)c(OCOC)c1. The summed E-state index contributed by atoms with van der Waals surface area (Å²) in [4.78, 5) is 0. The monoisotopic (exact) mass is 360 g/mol. The maximum absolute atomic E-state index is 10.5. The molecule has 1 rings (SSSR count). The molecule has 0 atom stereocenters.